The van der Waals surface area contributed by atoms with Gasteiger partial charge in [0.1, 0.15) is 0 Å². The molecule has 0 bridgehead atoms. The van der Waals surface area contributed by atoms with Crippen LogP contribution in [0.5, 0.6) is 0 Å². The number of halogens is 2. The number of anilines is 1. The van der Waals surface area contributed by atoms with Crippen LogP contribution < -0.4 is 5.32 Å². The van der Waals surface area contributed by atoms with Gasteiger partial charge in [-0.15, -0.1) is 0 Å². The Morgan fingerprint density at radius 3 is 2.11 bits per heavy atom. The van der Waals surface area contributed by atoms with E-state index in [4.69, 9.17) is 23.2 Å². The van der Waals surface area contributed by atoms with Gasteiger partial charge in [-0.3, -0.25) is 0 Å². The minimum absolute atomic E-state index is 0.0739. The number of likely N-dealkylation sites (tertiary alicyclic amines) is 1. The van der Waals surface area contributed by atoms with E-state index in [0.717, 1.165) is 25.9 Å². The highest BCUT2D eigenvalue weighted by atomic mass is 35.5. The fourth-order valence-electron chi connectivity index (χ4n) is 2.10. The maximum Gasteiger partial charge on any atom is 0.321 e. The molecule has 0 unspecified atom stereocenters. The van der Waals surface area contributed by atoms with Gasteiger partial charge in [0.25, 0.3) is 0 Å². The zero-order chi connectivity index (χ0) is 13.0. The zero-order valence-electron chi connectivity index (χ0n) is 10.1. The van der Waals surface area contributed by atoms with Gasteiger partial charge in [-0.2, -0.15) is 0 Å². The third-order valence-corrected chi connectivity index (χ3v) is 3.44. The number of rotatable bonds is 1. The van der Waals surface area contributed by atoms with Crippen LogP contribution in [0.1, 0.15) is 25.7 Å². The van der Waals surface area contributed by atoms with E-state index in [0.29, 0.717) is 15.7 Å². The standard InChI is InChI=1S/C13H16Cl2N2O/c14-10-7-11(15)9-12(8-10)16-13(18)17-5-3-1-2-4-6-17/h7-9H,1-6H2,(H,16,18). The highest BCUT2D eigenvalue weighted by molar-refractivity contribution is 6.35. The van der Waals surface area contributed by atoms with Crippen molar-refractivity contribution in [1.29, 1.82) is 0 Å². The van der Waals surface area contributed by atoms with Gasteiger partial charge in [-0.25, -0.2) is 4.79 Å². The summed E-state index contributed by atoms with van der Waals surface area (Å²) in [6.45, 7) is 1.64. The van der Waals surface area contributed by atoms with Crippen molar-refractivity contribution in [1.82, 2.24) is 4.90 Å². The van der Waals surface area contributed by atoms with Crippen LogP contribution >= 0.6 is 23.2 Å². The lowest BCUT2D eigenvalue weighted by Gasteiger charge is -2.20. The Morgan fingerprint density at radius 2 is 1.56 bits per heavy atom. The predicted octanol–water partition coefficient (Wildman–Crippen LogP) is 4.40. The van der Waals surface area contributed by atoms with Gasteiger partial charge in [-0.05, 0) is 31.0 Å². The van der Waals surface area contributed by atoms with E-state index >= 15 is 0 Å². The Kier molecular flexibility index (Phi) is 4.72. The lowest BCUT2D eigenvalue weighted by atomic mass is 10.2. The summed E-state index contributed by atoms with van der Waals surface area (Å²) in [7, 11) is 0. The number of benzene rings is 1. The molecule has 0 atom stereocenters. The molecule has 1 saturated heterocycles. The fourth-order valence-corrected chi connectivity index (χ4v) is 2.63. The second-order valence-corrected chi connectivity index (χ2v) is 5.36. The number of carbonyl (C=O) groups excluding carboxylic acids is 1. The second kappa shape index (κ2) is 6.30. The first-order valence-corrected chi connectivity index (χ1v) is 6.93. The first-order valence-electron chi connectivity index (χ1n) is 6.17. The van der Waals surface area contributed by atoms with Crippen molar-refractivity contribution in [2.24, 2.45) is 0 Å². The SMILES string of the molecule is O=C(Nc1cc(Cl)cc(Cl)c1)N1CCCCCC1. The molecular formula is C13H16Cl2N2O. The monoisotopic (exact) mass is 286 g/mol. The summed E-state index contributed by atoms with van der Waals surface area (Å²) in [6.07, 6.45) is 4.55. The smallest absolute Gasteiger partial charge is 0.321 e. The molecule has 1 aliphatic heterocycles. The van der Waals surface area contributed by atoms with E-state index in [-0.39, 0.29) is 6.03 Å². The Morgan fingerprint density at radius 1 is 1.00 bits per heavy atom. The average molecular weight is 287 g/mol. The Balaban J connectivity index is 2.01. The minimum atomic E-state index is -0.0739. The van der Waals surface area contributed by atoms with E-state index in [1.54, 1.807) is 18.2 Å². The van der Waals surface area contributed by atoms with E-state index < -0.39 is 0 Å². The van der Waals surface area contributed by atoms with Crippen molar-refractivity contribution >= 4 is 34.9 Å². The quantitative estimate of drug-likeness (QED) is 0.815. The van der Waals surface area contributed by atoms with Gasteiger partial charge in [0, 0.05) is 28.8 Å². The number of nitrogens with one attached hydrogen (secondary N) is 1. The lowest BCUT2D eigenvalue weighted by Crippen LogP contribution is -2.35. The van der Waals surface area contributed by atoms with Crippen LogP contribution in [-0.4, -0.2) is 24.0 Å². The third-order valence-electron chi connectivity index (χ3n) is 3.01. The fraction of sp³-hybridized carbons (Fsp3) is 0.462. The van der Waals surface area contributed by atoms with E-state index in [1.807, 2.05) is 4.90 Å². The number of carbonyl (C=O) groups is 1. The van der Waals surface area contributed by atoms with Crippen molar-refractivity contribution in [3.05, 3.63) is 28.2 Å². The number of hydrogen-bond donors (Lipinski definition) is 1. The Labute approximate surface area is 117 Å². The molecule has 1 aromatic carbocycles. The molecule has 0 aliphatic carbocycles. The van der Waals surface area contributed by atoms with Gasteiger partial charge in [-0.1, -0.05) is 36.0 Å². The van der Waals surface area contributed by atoms with Crippen LogP contribution in [0.25, 0.3) is 0 Å². The summed E-state index contributed by atoms with van der Waals surface area (Å²) in [5, 5.41) is 3.88. The number of nitrogens with zero attached hydrogens (tertiary/aromatic N) is 1. The maximum absolute atomic E-state index is 12.1. The van der Waals surface area contributed by atoms with Crippen LogP contribution in [0.2, 0.25) is 10.0 Å². The van der Waals surface area contributed by atoms with Crippen LogP contribution in [0.3, 0.4) is 0 Å². The molecule has 1 fully saturated rings. The van der Waals surface area contributed by atoms with Crippen molar-refractivity contribution in [2.75, 3.05) is 18.4 Å². The minimum Gasteiger partial charge on any atom is -0.325 e. The molecule has 3 nitrogen and oxygen atoms in total. The van der Waals surface area contributed by atoms with Crippen molar-refractivity contribution < 1.29 is 4.79 Å². The second-order valence-electron chi connectivity index (χ2n) is 4.49. The summed E-state index contributed by atoms with van der Waals surface area (Å²) in [5.74, 6) is 0. The van der Waals surface area contributed by atoms with Crippen molar-refractivity contribution in [3.63, 3.8) is 0 Å². The van der Waals surface area contributed by atoms with Crippen LogP contribution in [-0.2, 0) is 0 Å². The first kappa shape index (κ1) is 13.5. The summed E-state index contributed by atoms with van der Waals surface area (Å²) >= 11 is 11.8. The number of urea groups is 1. The molecule has 2 rings (SSSR count). The molecule has 1 heterocycles. The maximum atomic E-state index is 12.1. The summed E-state index contributed by atoms with van der Waals surface area (Å²) < 4.78 is 0. The normalized spacial score (nSPS) is 16.2. The van der Waals surface area contributed by atoms with Crippen molar-refractivity contribution in [2.45, 2.75) is 25.7 Å². The molecule has 1 aliphatic rings. The zero-order valence-corrected chi connectivity index (χ0v) is 11.6. The lowest BCUT2D eigenvalue weighted by molar-refractivity contribution is 0.214. The highest BCUT2D eigenvalue weighted by Crippen LogP contribution is 2.23. The largest absolute Gasteiger partial charge is 0.325 e. The molecule has 1 N–H and O–H groups in total. The van der Waals surface area contributed by atoms with E-state index in [2.05, 4.69) is 5.32 Å². The highest BCUT2D eigenvalue weighted by Gasteiger charge is 2.15. The van der Waals surface area contributed by atoms with E-state index in [9.17, 15) is 4.79 Å². The van der Waals surface area contributed by atoms with Gasteiger partial charge in [0.2, 0.25) is 0 Å². The van der Waals surface area contributed by atoms with E-state index in [1.165, 1.54) is 12.8 Å². The average Bonchev–Trinajstić information content (AvgIpc) is 2.55. The molecule has 18 heavy (non-hydrogen) atoms. The van der Waals surface area contributed by atoms with Gasteiger partial charge >= 0.3 is 6.03 Å². The summed E-state index contributed by atoms with van der Waals surface area (Å²) in [4.78, 5) is 13.9. The third kappa shape index (κ3) is 3.79. The summed E-state index contributed by atoms with van der Waals surface area (Å²) in [6, 6.07) is 4.96. The molecule has 2 amide bonds. The molecule has 98 valence electrons. The predicted molar refractivity (Wildman–Crippen MR) is 75.5 cm³/mol. The van der Waals surface area contributed by atoms with Crippen LogP contribution in [0.4, 0.5) is 10.5 Å². The Bertz CT molecular complexity index is 409. The summed E-state index contributed by atoms with van der Waals surface area (Å²) in [5.41, 5.74) is 0.641. The van der Waals surface area contributed by atoms with Gasteiger partial charge in [0.15, 0.2) is 0 Å². The van der Waals surface area contributed by atoms with Gasteiger partial charge in [0.05, 0.1) is 0 Å². The molecular weight excluding hydrogens is 271 g/mol. The van der Waals surface area contributed by atoms with Crippen LogP contribution in [0, 0.1) is 0 Å². The van der Waals surface area contributed by atoms with Gasteiger partial charge < -0.3 is 10.2 Å². The number of hydrogen-bond acceptors (Lipinski definition) is 1. The first-order chi connectivity index (χ1) is 8.65. The molecule has 1 aromatic rings. The Hall–Kier alpha value is -0.930. The molecule has 0 aromatic heterocycles. The van der Waals surface area contributed by atoms with Crippen LogP contribution in [0.15, 0.2) is 18.2 Å². The molecule has 5 heteroatoms. The molecule has 0 saturated carbocycles. The number of amides is 2. The van der Waals surface area contributed by atoms with Crippen molar-refractivity contribution in [3.8, 4) is 0 Å². The topological polar surface area (TPSA) is 32.3 Å². The molecule has 0 radical (unpaired) electrons. The molecule has 0 spiro atoms.